The number of nitrogens with zero attached hydrogens (tertiary/aromatic N) is 1. The molecular weight excluding hydrogens is 410 g/mol. The van der Waals surface area contributed by atoms with Crippen molar-refractivity contribution in [2.75, 3.05) is 6.54 Å². The Bertz CT molecular complexity index is 753. The van der Waals surface area contributed by atoms with Crippen LogP contribution in [0, 0.1) is 0 Å². The van der Waals surface area contributed by atoms with E-state index in [0.717, 1.165) is 5.56 Å². The number of rotatable bonds is 10. The van der Waals surface area contributed by atoms with Crippen molar-refractivity contribution >= 4 is 18.0 Å². The van der Waals surface area contributed by atoms with E-state index in [9.17, 15) is 19.5 Å². The highest BCUT2D eigenvalue weighted by molar-refractivity contribution is 5.89. The zero-order valence-corrected chi connectivity index (χ0v) is 20.2. The predicted molar refractivity (Wildman–Crippen MR) is 124 cm³/mol. The molecular formula is C24H39N3O5. The maximum absolute atomic E-state index is 13.4. The monoisotopic (exact) mass is 449 g/mol. The number of carbonyl (C=O) groups excluding carboxylic acids is 2. The molecule has 8 heteroatoms. The molecule has 0 saturated heterocycles. The predicted octanol–water partition coefficient (Wildman–Crippen LogP) is 3.33. The van der Waals surface area contributed by atoms with Crippen LogP contribution in [0.25, 0.3) is 0 Å². The van der Waals surface area contributed by atoms with Crippen LogP contribution >= 0.6 is 0 Å². The molecule has 32 heavy (non-hydrogen) atoms. The summed E-state index contributed by atoms with van der Waals surface area (Å²) in [6, 6.07) is 7.29. The summed E-state index contributed by atoms with van der Waals surface area (Å²) in [6.45, 7) is 11.2. The molecule has 180 valence electrons. The lowest BCUT2D eigenvalue weighted by atomic mass is 9.97. The van der Waals surface area contributed by atoms with E-state index >= 15 is 0 Å². The number of nitrogens with two attached hydrogens (primary N) is 1. The molecule has 0 aliphatic rings. The quantitative estimate of drug-likeness (QED) is 0.471. The highest BCUT2D eigenvalue weighted by atomic mass is 16.6. The number of carboxylic acids is 1. The molecule has 4 N–H and O–H groups in total. The third kappa shape index (κ3) is 9.26. The Morgan fingerprint density at radius 3 is 2.12 bits per heavy atom. The summed E-state index contributed by atoms with van der Waals surface area (Å²) in [4.78, 5) is 39.7. The van der Waals surface area contributed by atoms with Gasteiger partial charge in [0.05, 0.1) is 0 Å². The molecule has 0 aliphatic heterocycles. The Morgan fingerprint density at radius 1 is 1.06 bits per heavy atom. The molecule has 0 aliphatic carbocycles. The van der Waals surface area contributed by atoms with Crippen LogP contribution in [0.4, 0.5) is 4.79 Å². The zero-order chi connectivity index (χ0) is 24.5. The molecule has 0 saturated carbocycles. The van der Waals surface area contributed by atoms with E-state index in [1.54, 1.807) is 20.8 Å². The molecule has 0 bridgehead atoms. The molecule has 0 spiro atoms. The second-order valence-corrected chi connectivity index (χ2v) is 9.91. The Kier molecular flexibility index (Phi) is 10.2. The molecule has 0 unspecified atom stereocenters. The van der Waals surface area contributed by atoms with Crippen molar-refractivity contribution in [2.45, 2.75) is 90.4 Å². The van der Waals surface area contributed by atoms with Crippen molar-refractivity contribution in [2.24, 2.45) is 5.73 Å². The number of carboxylic acid groups (broad SMARTS) is 1. The molecule has 1 aromatic carbocycles. The van der Waals surface area contributed by atoms with Crippen molar-refractivity contribution in [3.63, 3.8) is 0 Å². The molecule has 8 nitrogen and oxygen atoms in total. The summed E-state index contributed by atoms with van der Waals surface area (Å²) in [5.41, 5.74) is 4.85. The average molecular weight is 450 g/mol. The first kappa shape index (κ1) is 27.4. The van der Waals surface area contributed by atoms with Crippen LogP contribution in [0.2, 0.25) is 0 Å². The van der Waals surface area contributed by atoms with Crippen molar-refractivity contribution in [3.8, 4) is 0 Å². The Morgan fingerprint density at radius 2 is 1.66 bits per heavy atom. The van der Waals surface area contributed by atoms with Gasteiger partial charge >= 0.3 is 12.1 Å². The van der Waals surface area contributed by atoms with Crippen molar-refractivity contribution in [1.29, 1.82) is 0 Å². The molecule has 2 atom stereocenters. The fraction of sp³-hybridized carbons (Fsp3) is 0.625. The van der Waals surface area contributed by atoms with Gasteiger partial charge in [-0.15, -0.1) is 0 Å². The summed E-state index contributed by atoms with van der Waals surface area (Å²) in [7, 11) is 0. The van der Waals surface area contributed by atoms with E-state index in [-0.39, 0.29) is 12.8 Å². The topological polar surface area (TPSA) is 122 Å². The third-order valence-corrected chi connectivity index (χ3v) is 4.76. The maximum Gasteiger partial charge on any atom is 0.411 e. The average Bonchev–Trinajstić information content (AvgIpc) is 2.64. The fourth-order valence-electron chi connectivity index (χ4n) is 3.34. The first-order chi connectivity index (χ1) is 14.8. The smallest absolute Gasteiger partial charge is 0.411 e. The number of benzene rings is 1. The SMILES string of the molecule is CC(C)(C)OC(=O)N([C@@H](Cc1ccccc1)C(=O)N[C@@H](CCCCN)C(=O)O)C(C)(C)C. The Balaban J connectivity index is 3.29. The van der Waals surface area contributed by atoms with E-state index in [4.69, 9.17) is 10.5 Å². The highest BCUT2D eigenvalue weighted by Crippen LogP contribution is 2.24. The molecule has 2 amide bonds. The van der Waals surface area contributed by atoms with E-state index in [2.05, 4.69) is 5.32 Å². The minimum atomic E-state index is -1.12. The summed E-state index contributed by atoms with van der Waals surface area (Å²) in [6.07, 6.45) is 1.10. The lowest BCUT2D eigenvalue weighted by molar-refractivity contribution is -0.143. The van der Waals surface area contributed by atoms with E-state index in [1.165, 1.54) is 4.90 Å². The van der Waals surface area contributed by atoms with Gasteiger partial charge in [0.25, 0.3) is 0 Å². The van der Waals surface area contributed by atoms with Crippen LogP contribution < -0.4 is 11.1 Å². The number of nitrogens with one attached hydrogen (secondary N) is 1. The van der Waals surface area contributed by atoms with Gasteiger partial charge in [-0.25, -0.2) is 9.59 Å². The van der Waals surface area contributed by atoms with Crippen molar-refractivity contribution in [1.82, 2.24) is 10.2 Å². The second-order valence-electron chi connectivity index (χ2n) is 9.91. The Hall–Kier alpha value is -2.61. The van der Waals surface area contributed by atoms with E-state index in [1.807, 2.05) is 51.1 Å². The first-order valence-corrected chi connectivity index (χ1v) is 11.1. The number of unbranched alkanes of at least 4 members (excludes halogenated alkanes) is 1. The van der Waals surface area contributed by atoms with Gasteiger partial charge < -0.3 is 20.9 Å². The van der Waals surface area contributed by atoms with Crippen molar-refractivity contribution < 1.29 is 24.2 Å². The normalized spacial score (nSPS) is 13.7. The summed E-state index contributed by atoms with van der Waals surface area (Å²) in [5, 5.41) is 12.2. The molecule has 1 aromatic rings. The highest BCUT2D eigenvalue weighted by Gasteiger charge is 2.40. The Labute approximate surface area is 191 Å². The van der Waals surface area contributed by atoms with Crippen molar-refractivity contribution in [3.05, 3.63) is 35.9 Å². The van der Waals surface area contributed by atoms with Gasteiger partial charge in [-0.05, 0) is 72.9 Å². The number of hydrogen-bond acceptors (Lipinski definition) is 5. The lowest BCUT2D eigenvalue weighted by Crippen LogP contribution is -2.60. The molecule has 0 radical (unpaired) electrons. The second kappa shape index (κ2) is 11.9. The van der Waals surface area contributed by atoms with Gasteiger partial charge in [-0.3, -0.25) is 9.69 Å². The van der Waals surface area contributed by atoms with Gasteiger partial charge in [0.15, 0.2) is 0 Å². The third-order valence-electron chi connectivity index (χ3n) is 4.76. The minimum absolute atomic E-state index is 0.221. The maximum atomic E-state index is 13.4. The van der Waals surface area contributed by atoms with Crippen LogP contribution in [0.15, 0.2) is 30.3 Å². The number of carbonyl (C=O) groups is 3. The fourth-order valence-corrected chi connectivity index (χ4v) is 3.34. The summed E-state index contributed by atoms with van der Waals surface area (Å²) in [5.74, 6) is -1.65. The summed E-state index contributed by atoms with van der Waals surface area (Å²) >= 11 is 0. The van der Waals surface area contributed by atoms with Crippen LogP contribution in [0.5, 0.6) is 0 Å². The molecule has 0 aromatic heterocycles. The number of aliphatic carboxylic acids is 1. The van der Waals surface area contributed by atoms with Gasteiger partial charge in [0, 0.05) is 12.0 Å². The van der Waals surface area contributed by atoms with Crippen LogP contribution in [0.1, 0.15) is 66.4 Å². The lowest BCUT2D eigenvalue weighted by Gasteiger charge is -2.41. The van der Waals surface area contributed by atoms with E-state index in [0.29, 0.717) is 19.4 Å². The van der Waals surface area contributed by atoms with Gasteiger partial charge in [-0.2, -0.15) is 0 Å². The molecule has 1 rings (SSSR count). The zero-order valence-electron chi connectivity index (χ0n) is 20.2. The van der Waals surface area contributed by atoms with Crippen LogP contribution in [-0.2, 0) is 20.7 Å². The molecule has 0 heterocycles. The first-order valence-electron chi connectivity index (χ1n) is 11.1. The van der Waals surface area contributed by atoms with Crippen LogP contribution in [-0.4, -0.2) is 57.7 Å². The number of hydrogen-bond donors (Lipinski definition) is 3. The number of ether oxygens (including phenoxy) is 1. The minimum Gasteiger partial charge on any atom is -0.480 e. The molecule has 0 fully saturated rings. The largest absolute Gasteiger partial charge is 0.480 e. The van der Waals surface area contributed by atoms with E-state index < -0.39 is 41.2 Å². The van der Waals surface area contributed by atoms with Crippen LogP contribution in [0.3, 0.4) is 0 Å². The standard InChI is InChI=1S/C24H39N3O5/c1-23(2,3)27(22(31)32-24(4,5)6)19(16-17-12-8-7-9-13-17)20(28)26-18(21(29)30)14-10-11-15-25/h7-9,12-13,18-19H,10-11,14-16,25H2,1-6H3,(H,26,28)(H,29,30)/t18-,19-/m0/s1. The number of amides is 2. The van der Waals surface area contributed by atoms with Gasteiger partial charge in [0.2, 0.25) is 5.91 Å². The van der Waals surface area contributed by atoms with Gasteiger partial charge in [0.1, 0.15) is 17.7 Å². The summed E-state index contributed by atoms with van der Waals surface area (Å²) < 4.78 is 5.60. The van der Waals surface area contributed by atoms with Gasteiger partial charge in [-0.1, -0.05) is 30.3 Å².